The molecular weight excluding hydrogens is 925 g/mol. The maximum atomic E-state index is 12.8. The van der Waals surface area contributed by atoms with Gasteiger partial charge in [-0.15, -0.1) is 0 Å². The quantitative estimate of drug-likeness (QED) is 0.0261. The SMILES string of the molecule is CC/C=C\C/C=C\C/C=C\CCCCCCCC(=O)OC(COC(=O)CCCCCCCCCCC)COC(=O)CCCCCCCCCCCCCCCCCCCCCCC/C=C\C/C=C\CCCCCCC. The fourth-order valence-electron chi connectivity index (χ4n) is 9.61. The van der Waals surface area contributed by atoms with Crippen molar-refractivity contribution in [2.24, 2.45) is 0 Å². The molecule has 0 aliphatic rings. The van der Waals surface area contributed by atoms with Crippen LogP contribution in [0.15, 0.2) is 60.8 Å². The van der Waals surface area contributed by atoms with E-state index in [2.05, 4.69) is 81.5 Å². The highest BCUT2D eigenvalue weighted by Crippen LogP contribution is 2.17. The first-order valence-electron chi connectivity index (χ1n) is 32.8. The highest BCUT2D eigenvalue weighted by Gasteiger charge is 2.19. The van der Waals surface area contributed by atoms with Crippen molar-refractivity contribution in [3.63, 3.8) is 0 Å². The molecule has 436 valence electrons. The largest absolute Gasteiger partial charge is 0.462 e. The number of carbonyl (C=O) groups is 3. The Hall–Kier alpha value is -2.89. The molecular formula is C69H124O6. The van der Waals surface area contributed by atoms with Gasteiger partial charge in [0.25, 0.3) is 0 Å². The second-order valence-electron chi connectivity index (χ2n) is 22.0. The molecule has 0 amide bonds. The van der Waals surface area contributed by atoms with Gasteiger partial charge in [0.2, 0.25) is 0 Å². The molecule has 0 aliphatic carbocycles. The number of esters is 3. The summed E-state index contributed by atoms with van der Waals surface area (Å²) in [5.74, 6) is -0.881. The van der Waals surface area contributed by atoms with Gasteiger partial charge >= 0.3 is 17.9 Å². The lowest BCUT2D eigenvalue weighted by molar-refractivity contribution is -0.167. The highest BCUT2D eigenvalue weighted by atomic mass is 16.6. The molecule has 6 heteroatoms. The molecule has 0 fully saturated rings. The van der Waals surface area contributed by atoms with Gasteiger partial charge in [0.1, 0.15) is 13.2 Å². The molecule has 0 aromatic heterocycles. The second-order valence-corrected chi connectivity index (χ2v) is 22.0. The molecule has 0 aromatic carbocycles. The first-order valence-corrected chi connectivity index (χ1v) is 32.8. The Bertz CT molecular complexity index is 1340. The Labute approximate surface area is 466 Å². The molecule has 0 saturated heterocycles. The number of allylic oxidation sites excluding steroid dienone is 10. The van der Waals surface area contributed by atoms with Crippen molar-refractivity contribution in [2.45, 2.75) is 348 Å². The van der Waals surface area contributed by atoms with Gasteiger partial charge in [-0.1, -0.05) is 300 Å². The molecule has 0 aliphatic heterocycles. The van der Waals surface area contributed by atoms with Gasteiger partial charge < -0.3 is 14.2 Å². The number of unbranched alkanes of at least 4 members (excludes halogenated alkanes) is 39. The van der Waals surface area contributed by atoms with E-state index in [0.717, 1.165) is 103 Å². The van der Waals surface area contributed by atoms with E-state index < -0.39 is 6.10 Å². The molecule has 1 atom stereocenters. The molecule has 75 heavy (non-hydrogen) atoms. The molecule has 0 N–H and O–H groups in total. The van der Waals surface area contributed by atoms with Gasteiger partial charge in [-0.25, -0.2) is 0 Å². The van der Waals surface area contributed by atoms with Gasteiger partial charge in [-0.3, -0.25) is 14.4 Å². The van der Waals surface area contributed by atoms with Crippen LogP contribution < -0.4 is 0 Å². The number of hydrogen-bond donors (Lipinski definition) is 0. The van der Waals surface area contributed by atoms with Crippen molar-refractivity contribution in [1.29, 1.82) is 0 Å². The van der Waals surface area contributed by atoms with E-state index in [9.17, 15) is 14.4 Å². The van der Waals surface area contributed by atoms with Crippen LogP contribution in [0.3, 0.4) is 0 Å². The minimum Gasteiger partial charge on any atom is -0.462 e. The number of hydrogen-bond acceptors (Lipinski definition) is 6. The molecule has 1 unspecified atom stereocenters. The van der Waals surface area contributed by atoms with E-state index >= 15 is 0 Å². The molecule has 0 heterocycles. The van der Waals surface area contributed by atoms with Crippen LogP contribution in [-0.4, -0.2) is 37.2 Å². The summed E-state index contributed by atoms with van der Waals surface area (Å²) in [6, 6.07) is 0. The Morgan fingerprint density at radius 3 is 0.813 bits per heavy atom. The van der Waals surface area contributed by atoms with Gasteiger partial charge in [0, 0.05) is 19.3 Å². The summed E-state index contributed by atoms with van der Waals surface area (Å²) in [6.07, 6.45) is 81.2. The molecule has 0 radical (unpaired) electrons. The second kappa shape index (κ2) is 63.6. The van der Waals surface area contributed by atoms with Crippen molar-refractivity contribution < 1.29 is 28.6 Å². The predicted octanol–water partition coefficient (Wildman–Crippen LogP) is 22.3. The molecule has 0 rings (SSSR count). The number of ether oxygens (including phenoxy) is 3. The van der Waals surface area contributed by atoms with Crippen LogP contribution in [0.5, 0.6) is 0 Å². The molecule has 0 bridgehead atoms. The van der Waals surface area contributed by atoms with Crippen LogP contribution in [0.4, 0.5) is 0 Å². The first kappa shape index (κ1) is 72.1. The molecule has 0 aromatic rings. The fraction of sp³-hybridized carbons (Fsp3) is 0.812. The van der Waals surface area contributed by atoms with Crippen molar-refractivity contribution >= 4 is 17.9 Å². The van der Waals surface area contributed by atoms with Gasteiger partial charge in [-0.05, 0) is 83.5 Å². The number of carbonyl (C=O) groups excluding carboxylic acids is 3. The lowest BCUT2D eigenvalue weighted by atomic mass is 10.0. The zero-order chi connectivity index (χ0) is 54.3. The average Bonchev–Trinajstić information content (AvgIpc) is 3.41. The van der Waals surface area contributed by atoms with E-state index in [-0.39, 0.29) is 31.1 Å². The minimum atomic E-state index is -0.779. The van der Waals surface area contributed by atoms with Crippen LogP contribution in [0.25, 0.3) is 0 Å². The van der Waals surface area contributed by atoms with E-state index in [4.69, 9.17) is 14.2 Å². The smallest absolute Gasteiger partial charge is 0.306 e. The number of rotatable bonds is 60. The monoisotopic (exact) mass is 1050 g/mol. The van der Waals surface area contributed by atoms with Crippen LogP contribution in [0, 0.1) is 0 Å². The van der Waals surface area contributed by atoms with Crippen LogP contribution in [0.2, 0.25) is 0 Å². The molecule has 0 saturated carbocycles. The summed E-state index contributed by atoms with van der Waals surface area (Å²) in [6.45, 7) is 6.52. The fourth-order valence-corrected chi connectivity index (χ4v) is 9.61. The Balaban J connectivity index is 4.03. The summed E-state index contributed by atoms with van der Waals surface area (Å²) < 4.78 is 16.8. The van der Waals surface area contributed by atoms with Crippen molar-refractivity contribution in [3.05, 3.63) is 60.8 Å². The normalized spacial score (nSPS) is 12.4. The maximum Gasteiger partial charge on any atom is 0.306 e. The summed E-state index contributed by atoms with van der Waals surface area (Å²) in [5, 5.41) is 0. The van der Waals surface area contributed by atoms with Crippen LogP contribution in [-0.2, 0) is 28.6 Å². The van der Waals surface area contributed by atoms with E-state index in [0.29, 0.717) is 19.3 Å². The summed E-state index contributed by atoms with van der Waals surface area (Å²) >= 11 is 0. The zero-order valence-electron chi connectivity index (χ0n) is 50.1. The zero-order valence-corrected chi connectivity index (χ0v) is 50.1. The highest BCUT2D eigenvalue weighted by molar-refractivity contribution is 5.71. The third-order valence-corrected chi connectivity index (χ3v) is 14.5. The van der Waals surface area contributed by atoms with E-state index in [1.807, 2.05) is 0 Å². The third kappa shape index (κ3) is 61.8. The average molecular weight is 1050 g/mol. The summed E-state index contributed by atoms with van der Waals surface area (Å²) in [4.78, 5) is 38.1. The van der Waals surface area contributed by atoms with Crippen molar-refractivity contribution in [1.82, 2.24) is 0 Å². The standard InChI is InChI=1S/C69H124O6/c1-4-7-10-13-16-19-21-23-25-26-27-28-29-30-31-32-33-34-35-36-37-38-39-40-41-42-44-45-47-50-53-56-59-62-68(71)74-65-66(64-73-67(70)61-58-55-52-49-18-15-12-9-6-3)75-69(72)63-60-57-54-51-48-46-43-24-22-20-17-14-11-8-5-2/h8,11,17,20-21,23-24,26-27,43,66H,4-7,9-10,12-16,18-19,22,25,28-42,44-65H2,1-3H3/b11-8-,20-17-,23-21-,27-26-,43-24-. The Kier molecular flexibility index (Phi) is 61.2. The van der Waals surface area contributed by atoms with E-state index in [1.165, 1.54) is 199 Å². The predicted molar refractivity (Wildman–Crippen MR) is 325 cm³/mol. The van der Waals surface area contributed by atoms with Gasteiger partial charge in [-0.2, -0.15) is 0 Å². The van der Waals surface area contributed by atoms with Crippen LogP contribution >= 0.6 is 0 Å². The van der Waals surface area contributed by atoms with Crippen molar-refractivity contribution in [3.8, 4) is 0 Å². The topological polar surface area (TPSA) is 78.9 Å². The third-order valence-electron chi connectivity index (χ3n) is 14.5. The lowest BCUT2D eigenvalue weighted by Crippen LogP contribution is -2.30. The maximum absolute atomic E-state index is 12.8. The molecule has 6 nitrogen and oxygen atoms in total. The van der Waals surface area contributed by atoms with Crippen LogP contribution in [0.1, 0.15) is 342 Å². The van der Waals surface area contributed by atoms with Gasteiger partial charge in [0.05, 0.1) is 0 Å². The lowest BCUT2D eigenvalue weighted by Gasteiger charge is -2.18. The minimum absolute atomic E-state index is 0.0771. The summed E-state index contributed by atoms with van der Waals surface area (Å²) in [7, 11) is 0. The first-order chi connectivity index (χ1) is 37.0. The Morgan fingerprint density at radius 1 is 0.280 bits per heavy atom. The summed E-state index contributed by atoms with van der Waals surface area (Å²) in [5.41, 5.74) is 0. The van der Waals surface area contributed by atoms with Gasteiger partial charge in [0.15, 0.2) is 6.10 Å². The Morgan fingerprint density at radius 2 is 0.520 bits per heavy atom. The van der Waals surface area contributed by atoms with Crippen molar-refractivity contribution in [2.75, 3.05) is 13.2 Å². The van der Waals surface area contributed by atoms with E-state index in [1.54, 1.807) is 0 Å². The molecule has 0 spiro atoms.